The number of rotatable bonds is 6. The number of aliphatic hydroxyl groups excluding tert-OH is 1. The van der Waals surface area contributed by atoms with E-state index in [9.17, 15) is 4.79 Å². The summed E-state index contributed by atoms with van der Waals surface area (Å²) in [5.41, 5.74) is 7.99. The number of amides is 1. The van der Waals surface area contributed by atoms with E-state index in [0.717, 1.165) is 11.4 Å². The number of aromatic nitrogens is 2. The second-order valence-electron chi connectivity index (χ2n) is 4.66. The third-order valence-electron chi connectivity index (χ3n) is 3.00. The van der Waals surface area contributed by atoms with E-state index in [0.29, 0.717) is 18.7 Å². The number of anilines is 1. The van der Waals surface area contributed by atoms with Crippen LogP contribution < -0.4 is 11.1 Å². The van der Waals surface area contributed by atoms with Crippen LogP contribution in [0.2, 0.25) is 0 Å². The Morgan fingerprint density at radius 1 is 1.56 bits per heavy atom. The third-order valence-corrected chi connectivity index (χ3v) is 3.00. The van der Waals surface area contributed by atoms with Crippen LogP contribution in [0.25, 0.3) is 0 Å². The Hall–Kier alpha value is -1.56. The molecular weight excluding hydrogens is 232 g/mol. The van der Waals surface area contributed by atoms with Crippen molar-refractivity contribution in [1.82, 2.24) is 15.1 Å². The lowest BCUT2D eigenvalue weighted by atomic mass is 10.1. The summed E-state index contributed by atoms with van der Waals surface area (Å²) >= 11 is 0. The van der Waals surface area contributed by atoms with E-state index < -0.39 is 0 Å². The maximum Gasteiger partial charge on any atom is 0.241 e. The van der Waals surface area contributed by atoms with Crippen LogP contribution in [0, 0.1) is 19.8 Å². The fourth-order valence-electron chi connectivity index (χ4n) is 1.67. The summed E-state index contributed by atoms with van der Waals surface area (Å²) in [6.07, 6.45) is 0.688. The molecule has 0 fully saturated rings. The lowest BCUT2D eigenvalue weighted by Crippen LogP contribution is -2.32. The first-order chi connectivity index (χ1) is 8.45. The lowest BCUT2D eigenvalue weighted by Gasteiger charge is -2.11. The fourth-order valence-corrected chi connectivity index (χ4v) is 1.67. The van der Waals surface area contributed by atoms with Crippen LogP contribution in [0.1, 0.15) is 24.7 Å². The van der Waals surface area contributed by atoms with Gasteiger partial charge in [-0.2, -0.15) is 5.10 Å². The van der Waals surface area contributed by atoms with Gasteiger partial charge in [0, 0.05) is 13.2 Å². The van der Waals surface area contributed by atoms with E-state index in [1.165, 1.54) is 0 Å². The number of aliphatic hydroxyl groups is 1. The number of nitrogen functional groups attached to an aromatic ring is 1. The van der Waals surface area contributed by atoms with Crippen molar-refractivity contribution in [2.24, 2.45) is 5.92 Å². The van der Waals surface area contributed by atoms with E-state index in [1.54, 1.807) is 4.68 Å². The predicted molar refractivity (Wildman–Crippen MR) is 70.0 cm³/mol. The first kappa shape index (κ1) is 14.5. The van der Waals surface area contributed by atoms with Crippen molar-refractivity contribution in [3.63, 3.8) is 0 Å². The van der Waals surface area contributed by atoms with E-state index in [2.05, 4.69) is 10.4 Å². The van der Waals surface area contributed by atoms with Crippen LogP contribution in [0.5, 0.6) is 0 Å². The van der Waals surface area contributed by atoms with Crippen LogP contribution in [-0.2, 0) is 11.3 Å². The molecule has 1 aromatic heterocycles. The van der Waals surface area contributed by atoms with Crippen LogP contribution in [0.4, 0.5) is 5.69 Å². The van der Waals surface area contributed by atoms with E-state index in [4.69, 9.17) is 10.8 Å². The van der Waals surface area contributed by atoms with Crippen LogP contribution in [0.3, 0.4) is 0 Å². The number of carbonyl (C=O) groups excluding carboxylic acids is 1. The minimum atomic E-state index is -0.0922. The topological polar surface area (TPSA) is 93.2 Å². The van der Waals surface area contributed by atoms with Crippen LogP contribution in [-0.4, -0.2) is 33.9 Å². The zero-order chi connectivity index (χ0) is 13.7. The first-order valence-corrected chi connectivity index (χ1v) is 6.12. The molecule has 4 N–H and O–H groups in total. The molecule has 1 amide bonds. The summed E-state index contributed by atoms with van der Waals surface area (Å²) in [5.74, 6) is 0.176. The molecule has 0 spiro atoms. The highest BCUT2D eigenvalue weighted by Crippen LogP contribution is 2.14. The number of nitrogens with two attached hydrogens (primary N) is 1. The smallest absolute Gasteiger partial charge is 0.241 e. The van der Waals surface area contributed by atoms with Crippen LogP contribution >= 0.6 is 0 Å². The average Bonchev–Trinajstić information content (AvgIpc) is 2.55. The van der Waals surface area contributed by atoms with Gasteiger partial charge in [0.1, 0.15) is 6.54 Å². The Labute approximate surface area is 107 Å². The largest absolute Gasteiger partial charge is 0.396 e. The summed E-state index contributed by atoms with van der Waals surface area (Å²) in [5, 5.41) is 15.8. The molecule has 6 nitrogen and oxygen atoms in total. The Bertz CT molecular complexity index is 414. The molecule has 0 aliphatic heterocycles. The molecule has 6 heteroatoms. The van der Waals surface area contributed by atoms with E-state index in [1.807, 2.05) is 20.8 Å². The molecule has 0 saturated carbocycles. The van der Waals surface area contributed by atoms with Gasteiger partial charge in [-0.1, -0.05) is 6.92 Å². The summed E-state index contributed by atoms with van der Waals surface area (Å²) < 4.78 is 1.61. The van der Waals surface area contributed by atoms with Crippen molar-refractivity contribution >= 4 is 11.6 Å². The highest BCUT2D eigenvalue weighted by atomic mass is 16.3. The molecule has 0 saturated heterocycles. The van der Waals surface area contributed by atoms with Gasteiger partial charge in [0.15, 0.2) is 0 Å². The monoisotopic (exact) mass is 254 g/mol. The number of hydrogen-bond donors (Lipinski definition) is 3. The summed E-state index contributed by atoms with van der Waals surface area (Å²) in [7, 11) is 0. The number of nitrogens with one attached hydrogen (secondary N) is 1. The maximum atomic E-state index is 11.7. The van der Waals surface area contributed by atoms with Crippen molar-refractivity contribution in [3.8, 4) is 0 Å². The Morgan fingerprint density at radius 2 is 2.22 bits per heavy atom. The van der Waals surface area contributed by atoms with E-state index in [-0.39, 0.29) is 25.0 Å². The highest BCUT2D eigenvalue weighted by Gasteiger charge is 2.11. The third kappa shape index (κ3) is 3.73. The first-order valence-electron chi connectivity index (χ1n) is 6.12. The molecule has 0 bridgehead atoms. The number of aryl methyl sites for hydroxylation is 1. The number of nitrogens with zero attached hydrogens (tertiary/aromatic N) is 2. The molecule has 18 heavy (non-hydrogen) atoms. The van der Waals surface area contributed by atoms with Crippen molar-refractivity contribution in [2.45, 2.75) is 33.7 Å². The van der Waals surface area contributed by atoms with Gasteiger partial charge in [-0.25, -0.2) is 0 Å². The molecule has 102 valence electrons. The van der Waals surface area contributed by atoms with Gasteiger partial charge < -0.3 is 16.2 Å². The predicted octanol–water partition coefficient (Wildman–Crippen LogP) is 0.217. The lowest BCUT2D eigenvalue weighted by molar-refractivity contribution is -0.122. The highest BCUT2D eigenvalue weighted by molar-refractivity contribution is 5.75. The zero-order valence-electron chi connectivity index (χ0n) is 11.2. The normalized spacial score (nSPS) is 12.4. The standard InChI is InChI=1S/C12H22N4O2/c1-8(4-5-17)6-14-11(18)7-16-10(3)12(13)9(2)15-16/h8,17H,4-7,13H2,1-3H3,(H,14,18). The molecule has 1 rings (SSSR count). The second kappa shape index (κ2) is 6.39. The quantitative estimate of drug-likeness (QED) is 0.677. The van der Waals surface area contributed by atoms with Gasteiger partial charge in [0.05, 0.1) is 17.1 Å². The van der Waals surface area contributed by atoms with Crippen molar-refractivity contribution in [3.05, 3.63) is 11.4 Å². The minimum absolute atomic E-state index is 0.0922. The Kier molecular flexibility index (Phi) is 5.15. The summed E-state index contributed by atoms with van der Waals surface area (Å²) in [4.78, 5) is 11.7. The SMILES string of the molecule is Cc1nn(CC(=O)NCC(C)CCO)c(C)c1N. The van der Waals surface area contributed by atoms with Gasteiger partial charge in [-0.15, -0.1) is 0 Å². The molecule has 0 aliphatic carbocycles. The Balaban J connectivity index is 2.47. The molecule has 1 unspecified atom stereocenters. The molecule has 0 aliphatic rings. The van der Waals surface area contributed by atoms with E-state index >= 15 is 0 Å². The molecule has 1 aromatic rings. The summed E-state index contributed by atoms with van der Waals surface area (Å²) in [6.45, 7) is 6.53. The number of hydrogen-bond acceptors (Lipinski definition) is 4. The van der Waals surface area contributed by atoms with Crippen molar-refractivity contribution in [2.75, 3.05) is 18.9 Å². The molecule has 0 radical (unpaired) electrons. The summed E-state index contributed by atoms with van der Waals surface area (Å²) in [6, 6.07) is 0. The van der Waals surface area contributed by atoms with Gasteiger partial charge >= 0.3 is 0 Å². The van der Waals surface area contributed by atoms with Gasteiger partial charge in [0.2, 0.25) is 5.91 Å². The van der Waals surface area contributed by atoms with Crippen LogP contribution in [0.15, 0.2) is 0 Å². The molecule has 1 atom stereocenters. The Morgan fingerprint density at radius 3 is 2.72 bits per heavy atom. The van der Waals surface area contributed by atoms with Gasteiger partial charge in [-0.3, -0.25) is 9.48 Å². The maximum absolute atomic E-state index is 11.7. The van der Waals surface area contributed by atoms with Gasteiger partial charge in [-0.05, 0) is 26.2 Å². The molecule has 0 aromatic carbocycles. The molecule has 1 heterocycles. The fraction of sp³-hybridized carbons (Fsp3) is 0.667. The van der Waals surface area contributed by atoms with Gasteiger partial charge in [0.25, 0.3) is 0 Å². The number of carbonyl (C=O) groups is 1. The average molecular weight is 254 g/mol. The van der Waals surface area contributed by atoms with Crippen molar-refractivity contribution < 1.29 is 9.90 Å². The minimum Gasteiger partial charge on any atom is -0.396 e. The second-order valence-corrected chi connectivity index (χ2v) is 4.66. The van der Waals surface area contributed by atoms with Crippen molar-refractivity contribution in [1.29, 1.82) is 0 Å². The molecular formula is C12H22N4O2. The zero-order valence-corrected chi connectivity index (χ0v) is 11.2.